The van der Waals surface area contributed by atoms with Gasteiger partial charge in [0.15, 0.2) is 5.65 Å². The van der Waals surface area contributed by atoms with Crippen molar-refractivity contribution >= 4 is 17.0 Å². The number of fused-ring (bicyclic) bond motifs is 2. The molecule has 1 aliphatic rings. The molecule has 0 fully saturated rings. The summed E-state index contributed by atoms with van der Waals surface area (Å²) in [5.74, 6) is 0.593. The van der Waals surface area contributed by atoms with E-state index in [1.165, 1.54) is 18.3 Å². The molecule has 0 radical (unpaired) electrons. The van der Waals surface area contributed by atoms with Crippen LogP contribution in [0.4, 0.5) is 10.3 Å². The third-order valence-corrected chi connectivity index (χ3v) is 4.76. The minimum atomic E-state index is -0.338. The SMILES string of the molecule is O=c1[nH]c(NC2CCOc3ccc(F)cc32)nc2c1cnn2-c1ccccc1. The number of ether oxygens (including phenoxy) is 1. The van der Waals surface area contributed by atoms with Gasteiger partial charge >= 0.3 is 0 Å². The molecule has 1 atom stereocenters. The molecule has 2 aromatic carbocycles. The Balaban J connectivity index is 1.56. The lowest BCUT2D eigenvalue weighted by Crippen LogP contribution is -2.23. The number of rotatable bonds is 3. The van der Waals surface area contributed by atoms with Gasteiger partial charge in [-0.15, -0.1) is 0 Å². The van der Waals surface area contributed by atoms with E-state index in [0.29, 0.717) is 41.3 Å². The molecular weight excluding hydrogens is 361 g/mol. The molecule has 0 saturated heterocycles. The second-order valence-electron chi connectivity index (χ2n) is 6.56. The van der Waals surface area contributed by atoms with Gasteiger partial charge in [0.2, 0.25) is 5.95 Å². The van der Waals surface area contributed by atoms with Crippen LogP contribution in [0.5, 0.6) is 5.75 Å². The van der Waals surface area contributed by atoms with E-state index in [2.05, 4.69) is 20.4 Å². The standard InChI is InChI=1S/C20H16FN5O2/c21-12-6-7-17-14(10-12)16(8-9-28-17)23-20-24-18-15(19(27)25-20)11-22-26(18)13-4-2-1-3-5-13/h1-7,10-11,16H,8-9H2,(H2,23,24,25,27). The summed E-state index contributed by atoms with van der Waals surface area (Å²) in [6.07, 6.45) is 2.12. The van der Waals surface area contributed by atoms with Gasteiger partial charge in [-0.1, -0.05) is 18.2 Å². The molecule has 0 spiro atoms. The van der Waals surface area contributed by atoms with Crippen molar-refractivity contribution in [3.8, 4) is 11.4 Å². The van der Waals surface area contributed by atoms with Gasteiger partial charge in [0.1, 0.15) is 17.0 Å². The lowest BCUT2D eigenvalue weighted by molar-refractivity contribution is 0.273. The van der Waals surface area contributed by atoms with Crippen LogP contribution in [0.15, 0.2) is 59.5 Å². The minimum absolute atomic E-state index is 0.229. The highest BCUT2D eigenvalue weighted by atomic mass is 19.1. The maximum absolute atomic E-state index is 13.7. The fourth-order valence-electron chi connectivity index (χ4n) is 3.43. The van der Waals surface area contributed by atoms with Crippen LogP contribution >= 0.6 is 0 Å². The first-order valence-corrected chi connectivity index (χ1v) is 8.91. The average Bonchev–Trinajstić information content (AvgIpc) is 3.14. The number of aromatic amines is 1. The van der Waals surface area contributed by atoms with E-state index >= 15 is 0 Å². The smallest absolute Gasteiger partial charge is 0.263 e. The van der Waals surface area contributed by atoms with E-state index in [1.54, 1.807) is 10.7 Å². The molecule has 28 heavy (non-hydrogen) atoms. The summed E-state index contributed by atoms with van der Waals surface area (Å²) in [5.41, 5.74) is 1.66. The van der Waals surface area contributed by atoms with Crippen LogP contribution in [0.2, 0.25) is 0 Å². The number of para-hydroxylation sites is 1. The number of benzene rings is 2. The van der Waals surface area contributed by atoms with Crippen LogP contribution in [-0.4, -0.2) is 26.4 Å². The predicted molar refractivity (Wildman–Crippen MR) is 102 cm³/mol. The van der Waals surface area contributed by atoms with Crippen LogP contribution in [0.25, 0.3) is 16.7 Å². The van der Waals surface area contributed by atoms with Gasteiger partial charge in [-0.05, 0) is 30.3 Å². The highest BCUT2D eigenvalue weighted by Crippen LogP contribution is 2.34. The van der Waals surface area contributed by atoms with Crippen molar-refractivity contribution in [2.45, 2.75) is 12.5 Å². The predicted octanol–water partition coefficient (Wildman–Crippen LogP) is 3.18. The van der Waals surface area contributed by atoms with Crippen molar-refractivity contribution in [3.63, 3.8) is 0 Å². The summed E-state index contributed by atoms with van der Waals surface area (Å²) >= 11 is 0. The van der Waals surface area contributed by atoms with Gasteiger partial charge < -0.3 is 10.1 Å². The highest BCUT2D eigenvalue weighted by Gasteiger charge is 2.23. The van der Waals surface area contributed by atoms with Gasteiger partial charge in [-0.25, -0.2) is 9.07 Å². The fraction of sp³-hybridized carbons (Fsp3) is 0.150. The first-order chi connectivity index (χ1) is 13.7. The van der Waals surface area contributed by atoms with Crippen molar-refractivity contribution < 1.29 is 9.13 Å². The van der Waals surface area contributed by atoms with Crippen LogP contribution in [0.3, 0.4) is 0 Å². The van der Waals surface area contributed by atoms with E-state index in [0.717, 1.165) is 5.69 Å². The van der Waals surface area contributed by atoms with Crippen molar-refractivity contribution in [3.05, 3.63) is 76.5 Å². The Bertz CT molecular complexity index is 1220. The Morgan fingerprint density at radius 2 is 2.07 bits per heavy atom. The van der Waals surface area contributed by atoms with Crippen molar-refractivity contribution in [2.24, 2.45) is 0 Å². The molecule has 8 heteroatoms. The van der Waals surface area contributed by atoms with Crippen molar-refractivity contribution in [1.29, 1.82) is 0 Å². The molecule has 0 amide bonds. The lowest BCUT2D eigenvalue weighted by Gasteiger charge is -2.26. The normalized spacial score (nSPS) is 15.8. The third-order valence-electron chi connectivity index (χ3n) is 4.76. The number of nitrogens with one attached hydrogen (secondary N) is 2. The van der Waals surface area contributed by atoms with Crippen molar-refractivity contribution in [2.75, 3.05) is 11.9 Å². The molecule has 140 valence electrons. The van der Waals surface area contributed by atoms with Crippen LogP contribution in [0.1, 0.15) is 18.0 Å². The van der Waals surface area contributed by atoms with Gasteiger partial charge in [0.05, 0.1) is 24.5 Å². The molecule has 3 heterocycles. The first kappa shape index (κ1) is 16.5. The second-order valence-corrected chi connectivity index (χ2v) is 6.56. The van der Waals surface area contributed by atoms with Crippen LogP contribution < -0.4 is 15.6 Å². The summed E-state index contributed by atoms with van der Waals surface area (Å²) in [7, 11) is 0. The molecule has 0 saturated carbocycles. The second kappa shape index (κ2) is 6.49. The fourth-order valence-corrected chi connectivity index (χ4v) is 3.43. The summed E-state index contributed by atoms with van der Waals surface area (Å²) in [6.45, 7) is 0.491. The molecule has 5 rings (SSSR count). The number of halogens is 1. The maximum Gasteiger partial charge on any atom is 0.263 e. The number of anilines is 1. The minimum Gasteiger partial charge on any atom is -0.493 e. The first-order valence-electron chi connectivity index (χ1n) is 8.91. The third kappa shape index (κ3) is 2.79. The number of hydrogen-bond acceptors (Lipinski definition) is 5. The van der Waals surface area contributed by atoms with E-state index in [1.807, 2.05) is 30.3 Å². The number of H-pyrrole nitrogens is 1. The van der Waals surface area contributed by atoms with Gasteiger partial charge in [0, 0.05) is 12.0 Å². The zero-order valence-electron chi connectivity index (χ0n) is 14.7. The molecule has 0 aliphatic carbocycles. The summed E-state index contributed by atoms with van der Waals surface area (Å²) < 4.78 is 20.9. The average molecular weight is 377 g/mol. The molecular formula is C20H16FN5O2. The van der Waals surface area contributed by atoms with E-state index in [9.17, 15) is 9.18 Å². The van der Waals surface area contributed by atoms with Crippen LogP contribution in [0, 0.1) is 5.82 Å². The Morgan fingerprint density at radius 3 is 2.93 bits per heavy atom. The van der Waals surface area contributed by atoms with Gasteiger partial charge in [0.25, 0.3) is 5.56 Å². The molecule has 1 aliphatic heterocycles. The van der Waals surface area contributed by atoms with Gasteiger partial charge in [-0.2, -0.15) is 10.1 Å². The maximum atomic E-state index is 13.7. The summed E-state index contributed by atoms with van der Waals surface area (Å²) in [6, 6.07) is 13.7. The molecule has 2 aromatic heterocycles. The summed E-state index contributed by atoms with van der Waals surface area (Å²) in [4.78, 5) is 19.8. The lowest BCUT2D eigenvalue weighted by atomic mass is 10.0. The molecule has 1 unspecified atom stereocenters. The Kier molecular flexibility index (Phi) is 3.82. The quantitative estimate of drug-likeness (QED) is 0.573. The zero-order valence-corrected chi connectivity index (χ0v) is 14.7. The molecule has 4 aromatic rings. The highest BCUT2D eigenvalue weighted by molar-refractivity contribution is 5.76. The Morgan fingerprint density at radius 1 is 1.21 bits per heavy atom. The number of aromatic nitrogens is 4. The van der Waals surface area contributed by atoms with Crippen molar-refractivity contribution in [1.82, 2.24) is 19.7 Å². The van der Waals surface area contributed by atoms with Gasteiger partial charge in [-0.3, -0.25) is 9.78 Å². The Labute approximate surface area is 158 Å². The van der Waals surface area contributed by atoms with E-state index < -0.39 is 0 Å². The van der Waals surface area contributed by atoms with E-state index in [-0.39, 0.29) is 17.4 Å². The monoisotopic (exact) mass is 377 g/mol. The van der Waals surface area contributed by atoms with Crippen LogP contribution in [-0.2, 0) is 0 Å². The largest absolute Gasteiger partial charge is 0.493 e. The Hall–Kier alpha value is -3.68. The topological polar surface area (TPSA) is 84.8 Å². The number of hydrogen-bond donors (Lipinski definition) is 2. The molecule has 7 nitrogen and oxygen atoms in total. The zero-order chi connectivity index (χ0) is 19.1. The number of nitrogens with zero attached hydrogens (tertiary/aromatic N) is 3. The molecule has 2 N–H and O–H groups in total. The molecule has 0 bridgehead atoms. The summed E-state index contributed by atoms with van der Waals surface area (Å²) in [5, 5.41) is 7.91. The van der Waals surface area contributed by atoms with E-state index in [4.69, 9.17) is 4.74 Å².